The maximum absolute atomic E-state index is 14.1. The van der Waals surface area contributed by atoms with Gasteiger partial charge in [0, 0.05) is 11.8 Å². The van der Waals surface area contributed by atoms with E-state index in [1.807, 2.05) is 84.9 Å². The number of carbonyl (C=O) groups is 1. The van der Waals surface area contributed by atoms with E-state index in [2.05, 4.69) is 0 Å². The van der Waals surface area contributed by atoms with Gasteiger partial charge in [-0.1, -0.05) is 84.9 Å². The molecule has 4 aromatic carbocycles. The Morgan fingerprint density at radius 2 is 0.875 bits per heavy atom. The highest BCUT2D eigenvalue weighted by atomic mass is 16.3. The van der Waals surface area contributed by atoms with Crippen molar-refractivity contribution in [1.82, 2.24) is 0 Å². The van der Waals surface area contributed by atoms with E-state index in [4.69, 9.17) is 0 Å². The van der Waals surface area contributed by atoms with Gasteiger partial charge in [-0.2, -0.15) is 0 Å². The molecule has 0 aliphatic rings. The number of rotatable bonds is 8. The average molecular weight is 423 g/mol. The summed E-state index contributed by atoms with van der Waals surface area (Å²) >= 11 is 0. The van der Waals surface area contributed by atoms with Gasteiger partial charge in [0.1, 0.15) is 17.3 Å². The summed E-state index contributed by atoms with van der Waals surface area (Å²) in [5, 5.41) is 19.5. The van der Waals surface area contributed by atoms with Gasteiger partial charge in [0.15, 0.2) is 0 Å². The Labute approximate surface area is 188 Å². The van der Waals surface area contributed by atoms with E-state index < -0.39 is 0 Å². The van der Waals surface area contributed by atoms with Gasteiger partial charge >= 0.3 is 0 Å². The lowest BCUT2D eigenvalue weighted by molar-refractivity contribution is -0.122. The third kappa shape index (κ3) is 5.25. The molecule has 2 unspecified atom stereocenters. The normalized spacial score (nSPS) is 12.8. The number of Topliss-reactive ketones (excluding diaryl/α,β-unsaturated/α-hetero) is 1. The zero-order valence-electron chi connectivity index (χ0n) is 17.8. The van der Waals surface area contributed by atoms with E-state index in [1.54, 1.807) is 24.3 Å². The standard InChI is InChI=1S/C29H26O3/c30-25-15-11-23(12-16-25)27(19-21-7-3-1-4-8-21)29(32)28(20-22-9-5-2-6-10-22)24-13-17-26(31)18-14-24/h1-18,27-28,30-31H,19-20H2. The van der Waals surface area contributed by atoms with E-state index in [9.17, 15) is 15.0 Å². The largest absolute Gasteiger partial charge is 0.508 e. The topological polar surface area (TPSA) is 57.5 Å². The molecule has 32 heavy (non-hydrogen) atoms. The fourth-order valence-electron chi connectivity index (χ4n) is 4.12. The van der Waals surface area contributed by atoms with Crippen molar-refractivity contribution in [3.05, 3.63) is 131 Å². The van der Waals surface area contributed by atoms with Crippen LogP contribution in [0.25, 0.3) is 0 Å². The Morgan fingerprint density at radius 3 is 1.22 bits per heavy atom. The van der Waals surface area contributed by atoms with Gasteiger partial charge in [0.05, 0.1) is 0 Å². The molecule has 0 bridgehead atoms. The van der Waals surface area contributed by atoms with Gasteiger partial charge in [0.25, 0.3) is 0 Å². The summed E-state index contributed by atoms with van der Waals surface area (Å²) in [6.45, 7) is 0. The van der Waals surface area contributed by atoms with E-state index in [-0.39, 0.29) is 29.1 Å². The van der Waals surface area contributed by atoms with E-state index >= 15 is 0 Å². The molecule has 2 N–H and O–H groups in total. The summed E-state index contributed by atoms with van der Waals surface area (Å²) in [4.78, 5) is 14.1. The second kappa shape index (κ2) is 9.97. The van der Waals surface area contributed by atoms with Crippen LogP contribution in [-0.2, 0) is 17.6 Å². The summed E-state index contributed by atoms with van der Waals surface area (Å²) < 4.78 is 0. The van der Waals surface area contributed by atoms with Crippen molar-refractivity contribution in [1.29, 1.82) is 0 Å². The third-order valence-corrected chi connectivity index (χ3v) is 5.84. The van der Waals surface area contributed by atoms with Crippen LogP contribution in [0.15, 0.2) is 109 Å². The predicted octanol–water partition coefficient (Wildman–Crippen LogP) is 6.02. The molecule has 0 heterocycles. The van der Waals surface area contributed by atoms with Crippen LogP contribution in [0.1, 0.15) is 34.1 Å². The van der Waals surface area contributed by atoms with Crippen molar-refractivity contribution in [2.45, 2.75) is 24.7 Å². The van der Waals surface area contributed by atoms with Crippen LogP contribution in [0.3, 0.4) is 0 Å². The van der Waals surface area contributed by atoms with Crippen molar-refractivity contribution in [3.8, 4) is 11.5 Å². The molecule has 0 radical (unpaired) electrons. The second-order valence-corrected chi connectivity index (χ2v) is 8.07. The molecule has 0 spiro atoms. The molecular weight excluding hydrogens is 396 g/mol. The molecule has 4 rings (SSSR count). The molecule has 0 saturated heterocycles. The van der Waals surface area contributed by atoms with E-state index in [0.717, 1.165) is 22.3 Å². The lowest BCUT2D eigenvalue weighted by Crippen LogP contribution is -2.24. The molecule has 0 fully saturated rings. The van der Waals surface area contributed by atoms with E-state index in [1.165, 1.54) is 0 Å². The van der Waals surface area contributed by atoms with Crippen LogP contribution in [-0.4, -0.2) is 16.0 Å². The number of phenols is 2. The second-order valence-electron chi connectivity index (χ2n) is 8.07. The summed E-state index contributed by atoms with van der Waals surface area (Å²) in [6.07, 6.45) is 1.15. The fraction of sp³-hybridized carbons (Fsp3) is 0.138. The minimum Gasteiger partial charge on any atom is -0.508 e. The van der Waals surface area contributed by atoms with Gasteiger partial charge in [-0.3, -0.25) is 4.79 Å². The number of phenolic OH excluding ortho intramolecular Hbond substituents is 2. The van der Waals surface area contributed by atoms with Crippen LogP contribution in [0, 0.1) is 0 Å². The van der Waals surface area contributed by atoms with Crippen molar-refractivity contribution in [2.75, 3.05) is 0 Å². The first-order valence-corrected chi connectivity index (χ1v) is 10.8. The first-order valence-electron chi connectivity index (χ1n) is 10.8. The molecular formula is C29H26O3. The Kier molecular flexibility index (Phi) is 6.66. The van der Waals surface area contributed by atoms with Crippen LogP contribution in [0.2, 0.25) is 0 Å². The monoisotopic (exact) mass is 422 g/mol. The highest BCUT2D eigenvalue weighted by molar-refractivity contribution is 5.92. The van der Waals surface area contributed by atoms with Crippen LogP contribution in [0.5, 0.6) is 11.5 Å². The molecule has 3 nitrogen and oxygen atoms in total. The van der Waals surface area contributed by atoms with Crippen molar-refractivity contribution >= 4 is 5.78 Å². The average Bonchev–Trinajstić information content (AvgIpc) is 2.83. The third-order valence-electron chi connectivity index (χ3n) is 5.84. The molecule has 0 aliphatic heterocycles. The molecule has 3 heteroatoms. The lowest BCUT2D eigenvalue weighted by atomic mass is 9.78. The Balaban J connectivity index is 1.73. The van der Waals surface area contributed by atoms with Gasteiger partial charge in [-0.15, -0.1) is 0 Å². The van der Waals surface area contributed by atoms with Gasteiger partial charge in [-0.05, 0) is 59.4 Å². The number of carbonyl (C=O) groups excluding carboxylic acids is 1. The lowest BCUT2D eigenvalue weighted by Gasteiger charge is -2.24. The summed E-state index contributed by atoms with van der Waals surface area (Å²) in [5.41, 5.74) is 3.94. The van der Waals surface area contributed by atoms with Crippen molar-refractivity contribution in [3.63, 3.8) is 0 Å². The predicted molar refractivity (Wildman–Crippen MR) is 127 cm³/mol. The maximum Gasteiger partial charge on any atom is 0.148 e. The number of aromatic hydroxyl groups is 2. The first kappa shape index (κ1) is 21.4. The smallest absolute Gasteiger partial charge is 0.148 e. The molecule has 0 amide bonds. The highest BCUT2D eigenvalue weighted by Gasteiger charge is 2.30. The van der Waals surface area contributed by atoms with Gasteiger partial charge < -0.3 is 10.2 Å². The molecule has 160 valence electrons. The van der Waals surface area contributed by atoms with Gasteiger partial charge in [-0.25, -0.2) is 0 Å². The Bertz CT molecular complexity index is 1040. The Hall–Kier alpha value is -3.85. The molecule has 2 atom stereocenters. The van der Waals surface area contributed by atoms with Crippen molar-refractivity contribution in [2.24, 2.45) is 0 Å². The molecule has 0 aliphatic carbocycles. The van der Waals surface area contributed by atoms with Crippen LogP contribution in [0.4, 0.5) is 0 Å². The SMILES string of the molecule is O=C(C(Cc1ccccc1)c1ccc(O)cc1)C(Cc1ccccc1)c1ccc(O)cc1. The zero-order chi connectivity index (χ0) is 22.3. The summed E-state index contributed by atoms with van der Waals surface area (Å²) in [7, 11) is 0. The van der Waals surface area contributed by atoms with Crippen LogP contribution < -0.4 is 0 Å². The van der Waals surface area contributed by atoms with Gasteiger partial charge in [0.2, 0.25) is 0 Å². The fourth-order valence-corrected chi connectivity index (χ4v) is 4.12. The van der Waals surface area contributed by atoms with Crippen LogP contribution >= 0.6 is 0 Å². The van der Waals surface area contributed by atoms with E-state index in [0.29, 0.717) is 12.8 Å². The quantitative estimate of drug-likeness (QED) is 0.365. The molecule has 0 aromatic heterocycles. The maximum atomic E-state index is 14.1. The first-order chi connectivity index (χ1) is 15.6. The number of hydrogen-bond acceptors (Lipinski definition) is 3. The molecule has 4 aromatic rings. The summed E-state index contributed by atoms with van der Waals surface area (Å²) in [5.74, 6) is -0.242. The summed E-state index contributed by atoms with van der Waals surface area (Å²) in [6, 6.07) is 33.9. The number of hydrogen-bond donors (Lipinski definition) is 2. The Morgan fingerprint density at radius 1 is 0.531 bits per heavy atom. The minimum atomic E-state index is -0.361. The molecule has 0 saturated carbocycles. The van der Waals surface area contributed by atoms with Crippen molar-refractivity contribution < 1.29 is 15.0 Å². The zero-order valence-corrected chi connectivity index (χ0v) is 17.8. The number of benzene rings is 4. The number of ketones is 1. The highest BCUT2D eigenvalue weighted by Crippen LogP contribution is 2.33. The minimum absolute atomic E-state index is 0.120.